The first kappa shape index (κ1) is 8.66. The van der Waals surface area contributed by atoms with Crippen LogP contribution >= 0.6 is 11.8 Å². The van der Waals surface area contributed by atoms with Gasteiger partial charge in [-0.15, -0.1) is 11.8 Å². The second-order valence-corrected chi connectivity index (χ2v) is 3.57. The van der Waals surface area contributed by atoms with Gasteiger partial charge in [-0.25, -0.2) is 0 Å². The molecule has 1 radical (unpaired) electrons. The van der Waals surface area contributed by atoms with Gasteiger partial charge in [0.2, 0.25) is 0 Å². The average Bonchev–Trinajstić information content (AvgIpc) is 1.99. The SMILES string of the molecule is CSc1c(C)c[c]c(C)c1C. The molecule has 1 aromatic rings. The highest BCUT2D eigenvalue weighted by atomic mass is 32.2. The summed E-state index contributed by atoms with van der Waals surface area (Å²) in [5.41, 5.74) is 3.97. The first-order valence-electron chi connectivity index (χ1n) is 3.69. The van der Waals surface area contributed by atoms with Crippen LogP contribution in [0.15, 0.2) is 11.0 Å². The standard InChI is InChI=1S/C10H13S/c1-7-5-6-8(2)10(11-4)9(7)3/h6H,1-4H3. The first-order chi connectivity index (χ1) is 5.16. The molecule has 0 saturated heterocycles. The third kappa shape index (κ3) is 1.59. The van der Waals surface area contributed by atoms with E-state index in [9.17, 15) is 0 Å². The van der Waals surface area contributed by atoms with Gasteiger partial charge in [0.05, 0.1) is 0 Å². The van der Waals surface area contributed by atoms with E-state index in [0.29, 0.717) is 0 Å². The highest BCUT2D eigenvalue weighted by Gasteiger charge is 2.02. The Bertz CT molecular complexity index is 264. The van der Waals surface area contributed by atoms with Gasteiger partial charge in [0.25, 0.3) is 0 Å². The molecule has 0 atom stereocenters. The molecule has 1 rings (SSSR count). The molecule has 0 amide bonds. The molecule has 1 heteroatoms. The predicted molar refractivity (Wildman–Crippen MR) is 51.3 cm³/mol. The summed E-state index contributed by atoms with van der Waals surface area (Å²) in [4.78, 5) is 1.40. The molecule has 0 aliphatic heterocycles. The minimum atomic E-state index is 1.26. The van der Waals surface area contributed by atoms with Gasteiger partial charge in [-0.1, -0.05) is 6.07 Å². The van der Waals surface area contributed by atoms with Crippen molar-refractivity contribution in [2.45, 2.75) is 25.7 Å². The normalized spacial score (nSPS) is 10.2. The topological polar surface area (TPSA) is 0 Å². The largest absolute Gasteiger partial charge is 0.129 e. The number of rotatable bonds is 1. The van der Waals surface area contributed by atoms with Crippen LogP contribution in [0, 0.1) is 26.8 Å². The van der Waals surface area contributed by atoms with E-state index in [4.69, 9.17) is 0 Å². The lowest BCUT2D eigenvalue weighted by Crippen LogP contribution is -1.88. The molecule has 0 heterocycles. The number of benzene rings is 1. The van der Waals surface area contributed by atoms with Crippen molar-refractivity contribution >= 4 is 11.8 Å². The fraction of sp³-hybridized carbons (Fsp3) is 0.400. The monoisotopic (exact) mass is 165 g/mol. The highest BCUT2D eigenvalue weighted by molar-refractivity contribution is 7.98. The van der Waals surface area contributed by atoms with Gasteiger partial charge in [-0.05, 0) is 49.8 Å². The molecule has 0 bridgehead atoms. The summed E-state index contributed by atoms with van der Waals surface area (Å²) < 4.78 is 0. The van der Waals surface area contributed by atoms with Crippen molar-refractivity contribution < 1.29 is 0 Å². The van der Waals surface area contributed by atoms with Gasteiger partial charge in [0.1, 0.15) is 0 Å². The molecule has 11 heavy (non-hydrogen) atoms. The van der Waals surface area contributed by atoms with Crippen molar-refractivity contribution in [3.05, 3.63) is 28.8 Å². The van der Waals surface area contributed by atoms with Crippen molar-refractivity contribution in [2.75, 3.05) is 6.26 Å². The van der Waals surface area contributed by atoms with Crippen LogP contribution in [-0.2, 0) is 0 Å². The minimum Gasteiger partial charge on any atom is -0.129 e. The molecule has 0 saturated carbocycles. The van der Waals surface area contributed by atoms with Crippen LogP contribution in [0.3, 0.4) is 0 Å². The first-order valence-corrected chi connectivity index (χ1v) is 4.91. The summed E-state index contributed by atoms with van der Waals surface area (Å²) in [6.07, 6.45) is 2.12. The Hall–Kier alpha value is -0.430. The van der Waals surface area contributed by atoms with E-state index in [1.165, 1.54) is 21.6 Å². The third-order valence-corrected chi connectivity index (χ3v) is 3.01. The minimum absolute atomic E-state index is 1.26. The molecule has 0 fully saturated rings. The lowest BCUT2D eigenvalue weighted by molar-refractivity contribution is 1.17. The predicted octanol–water partition coefficient (Wildman–Crippen LogP) is 3.13. The Morgan fingerprint density at radius 1 is 1.27 bits per heavy atom. The van der Waals surface area contributed by atoms with Crippen LogP contribution in [0.4, 0.5) is 0 Å². The number of hydrogen-bond donors (Lipinski definition) is 0. The zero-order valence-electron chi connectivity index (χ0n) is 7.49. The molecular weight excluding hydrogens is 152 g/mol. The molecule has 0 aliphatic rings. The van der Waals surface area contributed by atoms with Gasteiger partial charge in [0, 0.05) is 4.90 Å². The molecule has 59 valence electrons. The van der Waals surface area contributed by atoms with E-state index in [1.54, 1.807) is 0 Å². The van der Waals surface area contributed by atoms with Crippen LogP contribution in [0.2, 0.25) is 0 Å². The van der Waals surface area contributed by atoms with Crippen LogP contribution in [0.25, 0.3) is 0 Å². The molecule has 0 N–H and O–H groups in total. The van der Waals surface area contributed by atoms with Crippen LogP contribution < -0.4 is 0 Å². The van der Waals surface area contributed by atoms with Gasteiger partial charge in [-0.2, -0.15) is 0 Å². The van der Waals surface area contributed by atoms with E-state index in [1.807, 2.05) is 11.8 Å². The lowest BCUT2D eigenvalue weighted by atomic mass is 10.1. The summed E-state index contributed by atoms with van der Waals surface area (Å²) in [6.45, 7) is 6.40. The lowest BCUT2D eigenvalue weighted by Gasteiger charge is -2.08. The van der Waals surface area contributed by atoms with Gasteiger partial charge >= 0.3 is 0 Å². The van der Waals surface area contributed by atoms with Crippen molar-refractivity contribution in [1.82, 2.24) is 0 Å². The van der Waals surface area contributed by atoms with E-state index < -0.39 is 0 Å². The average molecular weight is 165 g/mol. The number of aryl methyl sites for hydroxylation is 2. The Morgan fingerprint density at radius 3 is 2.36 bits per heavy atom. The van der Waals surface area contributed by atoms with Crippen molar-refractivity contribution in [1.29, 1.82) is 0 Å². The smallest absolute Gasteiger partial charge is 0.0131 e. The number of hydrogen-bond acceptors (Lipinski definition) is 1. The quantitative estimate of drug-likeness (QED) is 0.576. The van der Waals surface area contributed by atoms with E-state index in [2.05, 4.69) is 39.2 Å². The molecule has 0 aliphatic carbocycles. The maximum absolute atomic E-state index is 3.23. The van der Waals surface area contributed by atoms with E-state index >= 15 is 0 Å². The number of thioether (sulfide) groups is 1. The summed E-state index contributed by atoms with van der Waals surface area (Å²) >= 11 is 1.82. The summed E-state index contributed by atoms with van der Waals surface area (Å²) in [5, 5.41) is 0. The second kappa shape index (κ2) is 3.31. The fourth-order valence-electron chi connectivity index (χ4n) is 1.17. The van der Waals surface area contributed by atoms with Crippen molar-refractivity contribution in [3.8, 4) is 0 Å². The summed E-state index contributed by atoms with van der Waals surface area (Å²) in [6, 6.07) is 5.29. The van der Waals surface area contributed by atoms with Crippen molar-refractivity contribution in [3.63, 3.8) is 0 Å². The maximum atomic E-state index is 3.23. The van der Waals surface area contributed by atoms with Gasteiger partial charge < -0.3 is 0 Å². The summed E-state index contributed by atoms with van der Waals surface area (Å²) in [7, 11) is 0. The second-order valence-electron chi connectivity index (χ2n) is 2.75. The highest BCUT2D eigenvalue weighted by Crippen LogP contribution is 2.25. The Morgan fingerprint density at radius 2 is 1.91 bits per heavy atom. The summed E-state index contributed by atoms with van der Waals surface area (Å²) in [5.74, 6) is 0. The molecule has 0 nitrogen and oxygen atoms in total. The molecule has 1 aromatic carbocycles. The Balaban J connectivity index is 3.29. The van der Waals surface area contributed by atoms with Crippen LogP contribution in [0.1, 0.15) is 16.7 Å². The zero-order chi connectivity index (χ0) is 8.43. The maximum Gasteiger partial charge on any atom is 0.0131 e. The van der Waals surface area contributed by atoms with E-state index in [-0.39, 0.29) is 0 Å². The zero-order valence-corrected chi connectivity index (χ0v) is 8.30. The van der Waals surface area contributed by atoms with Gasteiger partial charge in [-0.3, -0.25) is 0 Å². The van der Waals surface area contributed by atoms with E-state index in [0.717, 1.165) is 0 Å². The Labute approximate surface area is 73.0 Å². The Kier molecular flexibility index (Phi) is 2.61. The third-order valence-electron chi connectivity index (χ3n) is 1.97. The fourth-order valence-corrected chi connectivity index (χ4v) is 2.01. The van der Waals surface area contributed by atoms with Crippen molar-refractivity contribution in [2.24, 2.45) is 0 Å². The molecule has 0 unspecified atom stereocenters. The molecular formula is C10H13S. The van der Waals surface area contributed by atoms with Crippen LogP contribution in [-0.4, -0.2) is 6.26 Å². The molecule has 0 spiro atoms. The van der Waals surface area contributed by atoms with Gasteiger partial charge in [0.15, 0.2) is 0 Å². The van der Waals surface area contributed by atoms with Crippen LogP contribution in [0.5, 0.6) is 0 Å². The molecule has 0 aromatic heterocycles.